The first-order valence-electron chi connectivity index (χ1n) is 9.57. The number of alkyl halides is 3. The van der Waals surface area contributed by atoms with Crippen LogP contribution in [0.2, 0.25) is 0 Å². The Labute approximate surface area is 183 Å². The van der Waals surface area contributed by atoms with E-state index in [1.54, 1.807) is 0 Å². The number of hydrogen-bond acceptors (Lipinski definition) is 7. The summed E-state index contributed by atoms with van der Waals surface area (Å²) < 4.78 is 47.6. The fourth-order valence-corrected chi connectivity index (χ4v) is 3.98. The highest BCUT2D eigenvalue weighted by atomic mass is 32.2. The van der Waals surface area contributed by atoms with E-state index in [0.717, 1.165) is 36.7 Å². The lowest BCUT2D eigenvalue weighted by Gasteiger charge is -2.14. The van der Waals surface area contributed by atoms with Crippen LogP contribution in [0.4, 0.5) is 18.9 Å². The highest BCUT2D eigenvalue weighted by molar-refractivity contribution is 7.99. The maximum atomic E-state index is 13.2. The molecule has 0 saturated carbocycles. The predicted molar refractivity (Wildman–Crippen MR) is 108 cm³/mol. The Balaban J connectivity index is 1.48. The number of rotatable bonds is 7. The summed E-state index contributed by atoms with van der Waals surface area (Å²) in [7, 11) is 0. The van der Waals surface area contributed by atoms with E-state index in [-0.39, 0.29) is 23.2 Å². The lowest BCUT2D eigenvalue weighted by atomic mass is 10.1. The van der Waals surface area contributed by atoms with Crippen molar-refractivity contribution in [2.75, 3.05) is 17.7 Å². The molecule has 3 aromatic rings. The summed E-state index contributed by atoms with van der Waals surface area (Å²) in [4.78, 5) is 28.3. The summed E-state index contributed by atoms with van der Waals surface area (Å²) in [5, 5.41) is 12.9. The molecule has 2 aromatic heterocycles. The molecule has 1 aromatic carbocycles. The molecule has 10 nitrogen and oxygen atoms in total. The van der Waals surface area contributed by atoms with Gasteiger partial charge in [-0.05, 0) is 31.0 Å². The Bertz CT molecular complexity index is 1140. The largest absolute Gasteiger partial charge is 0.416 e. The van der Waals surface area contributed by atoms with Crippen LogP contribution in [0.25, 0.3) is 5.69 Å². The Morgan fingerprint density at radius 2 is 2.22 bits per heavy atom. The number of ether oxygens (including phenoxy) is 1. The highest BCUT2D eigenvalue weighted by Gasteiger charge is 2.31. The average Bonchev–Trinajstić information content (AvgIpc) is 3.50. The van der Waals surface area contributed by atoms with Gasteiger partial charge in [0.25, 0.3) is 0 Å². The Morgan fingerprint density at radius 1 is 1.38 bits per heavy atom. The lowest BCUT2D eigenvalue weighted by Crippen LogP contribution is -2.25. The van der Waals surface area contributed by atoms with Gasteiger partial charge >= 0.3 is 11.9 Å². The van der Waals surface area contributed by atoms with E-state index in [2.05, 4.69) is 25.6 Å². The Morgan fingerprint density at radius 3 is 2.91 bits per heavy atom. The van der Waals surface area contributed by atoms with Crippen molar-refractivity contribution in [1.82, 2.24) is 29.5 Å². The van der Waals surface area contributed by atoms with Gasteiger partial charge in [-0.1, -0.05) is 11.8 Å². The second kappa shape index (κ2) is 9.16. The monoisotopic (exact) mass is 469 g/mol. The number of halogens is 3. The number of thioether (sulfide) groups is 1. The second-order valence-corrected chi connectivity index (χ2v) is 7.91. The molecule has 0 radical (unpaired) electrons. The smallest absolute Gasteiger partial charge is 0.376 e. The molecule has 4 rings (SSSR count). The van der Waals surface area contributed by atoms with Gasteiger partial charge in [-0.25, -0.2) is 19.6 Å². The first-order valence-corrected chi connectivity index (χ1v) is 10.6. The summed E-state index contributed by atoms with van der Waals surface area (Å²) in [6.45, 7) is 0.941. The molecular formula is C18H18F3N7O3S. The molecule has 14 heteroatoms. The molecular weight excluding hydrogens is 451 g/mol. The Kier molecular flexibility index (Phi) is 6.32. The van der Waals surface area contributed by atoms with E-state index in [4.69, 9.17) is 4.74 Å². The van der Waals surface area contributed by atoms with E-state index in [9.17, 15) is 22.8 Å². The minimum absolute atomic E-state index is 0.0744. The molecule has 0 spiro atoms. The zero-order valence-electron chi connectivity index (χ0n) is 16.5. The number of amides is 1. The molecule has 170 valence electrons. The van der Waals surface area contributed by atoms with Crippen LogP contribution in [-0.2, 0) is 22.3 Å². The Hall–Kier alpha value is -3.13. The average molecular weight is 469 g/mol. The number of nitrogens with one attached hydrogen (secondary N) is 2. The summed E-state index contributed by atoms with van der Waals surface area (Å²) in [6.07, 6.45) is -0.419. The van der Waals surface area contributed by atoms with Gasteiger partial charge in [0.1, 0.15) is 12.7 Å². The molecule has 1 amide bonds. The summed E-state index contributed by atoms with van der Waals surface area (Å²) >= 11 is 0.988. The topological polar surface area (TPSA) is 120 Å². The third-order valence-corrected chi connectivity index (χ3v) is 5.71. The van der Waals surface area contributed by atoms with Gasteiger partial charge in [0.15, 0.2) is 5.16 Å². The third kappa shape index (κ3) is 5.02. The number of carbonyl (C=O) groups excluding carboxylic acids is 1. The van der Waals surface area contributed by atoms with Gasteiger partial charge in [0.05, 0.1) is 35.3 Å². The molecule has 1 unspecified atom stereocenters. The number of aromatic nitrogens is 6. The lowest BCUT2D eigenvalue weighted by molar-refractivity contribution is -0.137. The molecule has 2 N–H and O–H groups in total. The third-order valence-electron chi connectivity index (χ3n) is 4.73. The van der Waals surface area contributed by atoms with Gasteiger partial charge in [0.2, 0.25) is 5.91 Å². The van der Waals surface area contributed by atoms with Crippen molar-refractivity contribution >= 4 is 23.4 Å². The minimum Gasteiger partial charge on any atom is -0.376 e. The molecule has 1 atom stereocenters. The van der Waals surface area contributed by atoms with Crippen molar-refractivity contribution in [3.05, 3.63) is 46.9 Å². The number of carbonyl (C=O) groups is 1. The number of nitrogens with zero attached hydrogens (tertiary/aromatic N) is 5. The fraction of sp³-hybridized carbons (Fsp3) is 0.389. The molecule has 1 aliphatic heterocycles. The van der Waals surface area contributed by atoms with Crippen LogP contribution >= 0.6 is 11.8 Å². The van der Waals surface area contributed by atoms with E-state index in [0.29, 0.717) is 18.3 Å². The van der Waals surface area contributed by atoms with Crippen LogP contribution in [0, 0.1) is 0 Å². The maximum Gasteiger partial charge on any atom is 0.416 e. The first kappa shape index (κ1) is 22.1. The SMILES string of the molecule is O=C(CSc1n[nH]c(=O)n1CC1CCCO1)Nc1cc(C(F)(F)F)ccc1-n1cncn1. The van der Waals surface area contributed by atoms with Crippen molar-refractivity contribution in [2.45, 2.75) is 36.8 Å². The van der Waals surface area contributed by atoms with Crippen molar-refractivity contribution in [3.63, 3.8) is 0 Å². The molecule has 32 heavy (non-hydrogen) atoms. The van der Waals surface area contributed by atoms with Crippen LogP contribution in [0.1, 0.15) is 18.4 Å². The summed E-state index contributed by atoms with van der Waals surface area (Å²) in [5.41, 5.74) is -1.18. The van der Waals surface area contributed by atoms with Crippen LogP contribution in [0.15, 0.2) is 40.8 Å². The molecule has 3 heterocycles. The number of aromatic amines is 1. The molecule has 0 bridgehead atoms. The van der Waals surface area contributed by atoms with Gasteiger partial charge in [0, 0.05) is 6.61 Å². The zero-order valence-corrected chi connectivity index (χ0v) is 17.3. The summed E-state index contributed by atoms with van der Waals surface area (Å²) in [6, 6.07) is 2.93. The van der Waals surface area contributed by atoms with E-state index >= 15 is 0 Å². The number of hydrogen-bond donors (Lipinski definition) is 2. The first-order chi connectivity index (χ1) is 15.3. The molecule has 0 aliphatic carbocycles. The standard InChI is InChI=1S/C18H18F3N7O3S/c19-18(20,21)11-3-4-14(28-10-22-9-23-28)13(6-11)24-15(29)8-32-17-26-25-16(30)27(17)7-12-2-1-5-31-12/h3-4,6,9-10,12H,1-2,5,7-8H2,(H,24,29)(H,25,30). The van der Waals surface area contributed by atoms with Crippen molar-refractivity contribution in [1.29, 1.82) is 0 Å². The van der Waals surface area contributed by atoms with Gasteiger partial charge in [-0.15, -0.1) is 5.10 Å². The van der Waals surface area contributed by atoms with Crippen LogP contribution < -0.4 is 11.0 Å². The predicted octanol–water partition coefficient (Wildman–Crippen LogP) is 2.08. The van der Waals surface area contributed by atoms with Gasteiger partial charge in [-0.3, -0.25) is 9.36 Å². The van der Waals surface area contributed by atoms with E-state index in [1.807, 2.05) is 0 Å². The van der Waals surface area contributed by atoms with Crippen molar-refractivity contribution in [3.8, 4) is 5.69 Å². The van der Waals surface area contributed by atoms with E-state index < -0.39 is 23.3 Å². The fourth-order valence-electron chi connectivity index (χ4n) is 3.23. The van der Waals surface area contributed by atoms with Crippen LogP contribution in [0.5, 0.6) is 0 Å². The number of benzene rings is 1. The molecule has 1 aliphatic rings. The van der Waals surface area contributed by atoms with Crippen molar-refractivity contribution in [2.24, 2.45) is 0 Å². The van der Waals surface area contributed by atoms with Crippen LogP contribution in [-0.4, -0.2) is 53.9 Å². The van der Waals surface area contributed by atoms with Gasteiger partial charge < -0.3 is 10.1 Å². The van der Waals surface area contributed by atoms with E-state index in [1.165, 1.54) is 28.0 Å². The maximum absolute atomic E-state index is 13.2. The minimum atomic E-state index is -4.58. The second-order valence-electron chi connectivity index (χ2n) is 6.96. The van der Waals surface area contributed by atoms with Gasteiger partial charge in [-0.2, -0.15) is 18.3 Å². The zero-order chi connectivity index (χ0) is 22.7. The van der Waals surface area contributed by atoms with Crippen molar-refractivity contribution < 1.29 is 22.7 Å². The summed E-state index contributed by atoms with van der Waals surface area (Å²) in [5.74, 6) is -0.752. The normalized spacial score (nSPS) is 16.4. The number of anilines is 1. The number of H-pyrrole nitrogens is 1. The molecule has 1 fully saturated rings. The highest BCUT2D eigenvalue weighted by Crippen LogP contribution is 2.33. The molecule has 1 saturated heterocycles. The van der Waals surface area contributed by atoms with Crippen LogP contribution in [0.3, 0.4) is 0 Å². The quantitative estimate of drug-likeness (QED) is 0.509.